The fourth-order valence-electron chi connectivity index (χ4n) is 3.49. The van der Waals surface area contributed by atoms with Gasteiger partial charge in [-0.2, -0.15) is 13.2 Å². The molecular formula is C21H24F3N5O2. The highest BCUT2D eigenvalue weighted by Crippen LogP contribution is 2.26. The molecule has 10 heteroatoms. The van der Waals surface area contributed by atoms with Crippen LogP contribution in [0, 0.1) is 0 Å². The van der Waals surface area contributed by atoms with Crippen LogP contribution in [-0.4, -0.2) is 36.4 Å². The molecular weight excluding hydrogens is 411 g/mol. The van der Waals surface area contributed by atoms with Crippen LogP contribution >= 0.6 is 0 Å². The largest absolute Gasteiger partial charge is 0.490 e. The number of hydrogen-bond acceptors (Lipinski definition) is 4. The molecule has 4 rings (SSSR count). The number of imidazole rings is 2. The molecule has 0 fully saturated rings. The summed E-state index contributed by atoms with van der Waals surface area (Å²) >= 11 is 0. The lowest BCUT2D eigenvalue weighted by molar-refractivity contribution is -0.192. The van der Waals surface area contributed by atoms with E-state index in [-0.39, 0.29) is 6.04 Å². The molecule has 7 nitrogen and oxygen atoms in total. The van der Waals surface area contributed by atoms with Gasteiger partial charge in [-0.3, -0.25) is 0 Å². The van der Waals surface area contributed by atoms with Gasteiger partial charge in [-0.05, 0) is 50.5 Å². The molecule has 0 saturated carbocycles. The van der Waals surface area contributed by atoms with E-state index in [1.165, 1.54) is 24.1 Å². The van der Waals surface area contributed by atoms with Crippen molar-refractivity contribution in [3.8, 4) is 11.4 Å². The predicted octanol–water partition coefficient (Wildman–Crippen LogP) is 4.43. The summed E-state index contributed by atoms with van der Waals surface area (Å²) in [6.07, 6.45) is 4.42. The highest BCUT2D eigenvalue weighted by Gasteiger charge is 2.38. The van der Waals surface area contributed by atoms with Crippen molar-refractivity contribution in [2.45, 2.75) is 44.9 Å². The molecule has 31 heavy (non-hydrogen) atoms. The molecule has 1 aliphatic heterocycles. The van der Waals surface area contributed by atoms with Crippen LogP contribution in [0.15, 0.2) is 42.9 Å². The van der Waals surface area contributed by atoms with E-state index in [4.69, 9.17) is 9.90 Å². The number of carbonyl (C=O) groups is 1. The predicted molar refractivity (Wildman–Crippen MR) is 110 cm³/mol. The van der Waals surface area contributed by atoms with Crippen LogP contribution in [0.4, 0.5) is 18.9 Å². The summed E-state index contributed by atoms with van der Waals surface area (Å²) in [5, 5.41) is 10.6. The summed E-state index contributed by atoms with van der Waals surface area (Å²) in [5.41, 5.74) is 3.64. The Morgan fingerprint density at radius 3 is 2.45 bits per heavy atom. The number of aryl methyl sites for hydroxylation is 2. The van der Waals surface area contributed by atoms with Crippen molar-refractivity contribution in [2.75, 3.05) is 5.32 Å². The Morgan fingerprint density at radius 1 is 1.19 bits per heavy atom. The van der Waals surface area contributed by atoms with Gasteiger partial charge < -0.3 is 19.6 Å². The van der Waals surface area contributed by atoms with Crippen molar-refractivity contribution in [1.29, 1.82) is 0 Å². The van der Waals surface area contributed by atoms with E-state index in [1.54, 1.807) is 0 Å². The monoisotopic (exact) mass is 435 g/mol. The van der Waals surface area contributed by atoms with Crippen LogP contribution in [0.25, 0.3) is 11.4 Å². The molecule has 1 aromatic carbocycles. The zero-order chi connectivity index (χ0) is 22.6. The maximum absolute atomic E-state index is 10.6. The first-order valence-electron chi connectivity index (χ1n) is 9.85. The number of nitrogens with zero attached hydrogens (tertiary/aromatic N) is 4. The number of benzene rings is 1. The summed E-state index contributed by atoms with van der Waals surface area (Å²) in [6, 6.07) is 8.71. The highest BCUT2D eigenvalue weighted by molar-refractivity contribution is 5.73. The van der Waals surface area contributed by atoms with Crippen LogP contribution in [0.2, 0.25) is 0 Å². The van der Waals surface area contributed by atoms with Gasteiger partial charge in [-0.1, -0.05) is 0 Å². The minimum Gasteiger partial charge on any atom is -0.475 e. The number of hydrogen-bond donors (Lipinski definition) is 2. The third-order valence-corrected chi connectivity index (χ3v) is 5.02. The normalized spacial score (nSPS) is 14.2. The van der Waals surface area contributed by atoms with Gasteiger partial charge >= 0.3 is 12.1 Å². The lowest BCUT2D eigenvalue weighted by Crippen LogP contribution is -2.21. The molecule has 0 radical (unpaired) electrons. The van der Waals surface area contributed by atoms with E-state index < -0.39 is 12.1 Å². The van der Waals surface area contributed by atoms with E-state index in [2.05, 4.69) is 51.0 Å². The standard InChI is InChI=1S/C19H23N5.C2HF3O2/c1-14(18-20-10-12-23(18)2)22-16-8-6-15(7-9-16)19-21-13-17-5-3-4-11-24(17)19;3-2(4,5)1(6)7/h6-10,12-14,22H,3-5,11H2,1-2H3;(H,6,7). The van der Waals surface area contributed by atoms with Gasteiger partial charge in [0, 0.05) is 49.1 Å². The molecule has 3 aromatic rings. The Morgan fingerprint density at radius 2 is 1.87 bits per heavy atom. The smallest absolute Gasteiger partial charge is 0.475 e. The van der Waals surface area contributed by atoms with Crippen molar-refractivity contribution in [3.05, 3.63) is 54.4 Å². The van der Waals surface area contributed by atoms with Crippen molar-refractivity contribution in [3.63, 3.8) is 0 Å². The second-order valence-electron chi connectivity index (χ2n) is 7.32. The molecule has 166 valence electrons. The van der Waals surface area contributed by atoms with Gasteiger partial charge in [0.1, 0.15) is 11.6 Å². The topological polar surface area (TPSA) is 85.0 Å². The Kier molecular flexibility index (Phi) is 6.67. The Bertz CT molecular complexity index is 1020. The highest BCUT2D eigenvalue weighted by atomic mass is 19.4. The maximum atomic E-state index is 10.6. The maximum Gasteiger partial charge on any atom is 0.490 e. The third-order valence-electron chi connectivity index (χ3n) is 5.02. The summed E-state index contributed by atoms with van der Waals surface area (Å²) in [5.74, 6) is -0.637. The van der Waals surface area contributed by atoms with Crippen molar-refractivity contribution in [2.24, 2.45) is 7.05 Å². The van der Waals surface area contributed by atoms with Crippen LogP contribution < -0.4 is 5.32 Å². The summed E-state index contributed by atoms with van der Waals surface area (Å²) in [6.45, 7) is 3.21. The van der Waals surface area contributed by atoms with Crippen LogP contribution in [0.5, 0.6) is 0 Å². The first-order valence-corrected chi connectivity index (χ1v) is 9.85. The second-order valence-corrected chi connectivity index (χ2v) is 7.32. The number of rotatable bonds is 4. The van der Waals surface area contributed by atoms with E-state index in [0.717, 1.165) is 30.3 Å². The number of carboxylic acids is 1. The number of alkyl halides is 3. The molecule has 0 aliphatic carbocycles. The number of carboxylic acid groups (broad SMARTS) is 1. The lowest BCUT2D eigenvalue weighted by atomic mass is 10.1. The minimum absolute atomic E-state index is 0.162. The van der Waals surface area contributed by atoms with Gasteiger partial charge in [0.25, 0.3) is 0 Å². The Labute approximate surface area is 177 Å². The number of nitrogens with one attached hydrogen (secondary N) is 1. The van der Waals surface area contributed by atoms with E-state index in [0.29, 0.717) is 0 Å². The van der Waals surface area contributed by atoms with E-state index >= 15 is 0 Å². The lowest BCUT2D eigenvalue weighted by Gasteiger charge is -2.17. The molecule has 0 saturated heterocycles. The summed E-state index contributed by atoms with van der Waals surface area (Å²) < 4.78 is 36.1. The number of fused-ring (bicyclic) bond motifs is 1. The van der Waals surface area contributed by atoms with Crippen LogP contribution in [0.3, 0.4) is 0 Å². The minimum atomic E-state index is -5.08. The average molecular weight is 435 g/mol. The molecule has 1 unspecified atom stereocenters. The number of aromatic nitrogens is 4. The first kappa shape index (κ1) is 22.4. The summed E-state index contributed by atoms with van der Waals surface area (Å²) in [4.78, 5) is 17.9. The molecule has 0 spiro atoms. The third kappa shape index (κ3) is 5.44. The van der Waals surface area contributed by atoms with Gasteiger partial charge in [0.2, 0.25) is 0 Å². The fourth-order valence-corrected chi connectivity index (χ4v) is 3.49. The Hall–Kier alpha value is -3.30. The van der Waals surface area contributed by atoms with Gasteiger partial charge in [0.15, 0.2) is 0 Å². The molecule has 0 amide bonds. The fraction of sp³-hybridized carbons (Fsp3) is 0.381. The van der Waals surface area contributed by atoms with Crippen molar-refractivity contribution >= 4 is 11.7 Å². The van der Waals surface area contributed by atoms with Gasteiger partial charge in [-0.15, -0.1) is 0 Å². The van der Waals surface area contributed by atoms with E-state index in [1.807, 2.05) is 30.2 Å². The van der Waals surface area contributed by atoms with Gasteiger partial charge in [-0.25, -0.2) is 14.8 Å². The molecule has 0 bridgehead atoms. The zero-order valence-corrected chi connectivity index (χ0v) is 17.2. The van der Waals surface area contributed by atoms with Crippen molar-refractivity contribution in [1.82, 2.24) is 19.1 Å². The number of anilines is 1. The second kappa shape index (κ2) is 9.23. The summed E-state index contributed by atoms with van der Waals surface area (Å²) in [7, 11) is 2.02. The molecule has 1 aliphatic rings. The van der Waals surface area contributed by atoms with Crippen LogP contribution in [-0.2, 0) is 24.8 Å². The number of aliphatic carboxylic acids is 1. The molecule has 3 heterocycles. The van der Waals surface area contributed by atoms with E-state index in [9.17, 15) is 13.2 Å². The molecule has 2 N–H and O–H groups in total. The van der Waals surface area contributed by atoms with Crippen LogP contribution in [0.1, 0.15) is 37.3 Å². The molecule has 2 aromatic heterocycles. The van der Waals surface area contributed by atoms with Crippen molar-refractivity contribution < 1.29 is 23.1 Å². The van der Waals surface area contributed by atoms with Gasteiger partial charge in [0.05, 0.1) is 6.04 Å². The number of halogens is 3. The molecule has 1 atom stereocenters. The first-order chi connectivity index (χ1) is 14.7. The quantitative estimate of drug-likeness (QED) is 0.634. The SMILES string of the molecule is CC(Nc1ccc(-c2ncc3n2CCCC3)cc1)c1nccn1C.O=C(O)C(F)(F)F. The Balaban J connectivity index is 0.000000339. The average Bonchev–Trinajstić information content (AvgIpc) is 3.34. The zero-order valence-electron chi connectivity index (χ0n) is 17.2.